The molecule has 2 rings (SSSR count). The highest BCUT2D eigenvalue weighted by Gasteiger charge is 2.32. The number of piperidine rings is 1. The summed E-state index contributed by atoms with van der Waals surface area (Å²) >= 11 is 0. The van der Waals surface area contributed by atoms with Crippen LogP contribution in [0.15, 0.2) is 30.3 Å². The van der Waals surface area contributed by atoms with Crippen molar-refractivity contribution in [2.75, 3.05) is 13.1 Å². The first-order chi connectivity index (χ1) is 10.8. The van der Waals surface area contributed by atoms with E-state index in [1.165, 1.54) is 0 Å². The zero-order valence-corrected chi connectivity index (χ0v) is 14.7. The normalized spacial score (nSPS) is 20.0. The molecular formula is C19H29NO3. The lowest BCUT2D eigenvalue weighted by atomic mass is 9.87. The first-order valence-electron chi connectivity index (χ1n) is 8.48. The zero-order valence-electron chi connectivity index (χ0n) is 14.7. The fourth-order valence-corrected chi connectivity index (χ4v) is 3.08. The van der Waals surface area contributed by atoms with Crippen molar-refractivity contribution in [2.45, 2.75) is 58.3 Å². The molecule has 0 aromatic heterocycles. The van der Waals surface area contributed by atoms with Gasteiger partial charge in [-0.1, -0.05) is 30.3 Å². The van der Waals surface area contributed by atoms with Gasteiger partial charge >= 0.3 is 5.97 Å². The Labute approximate surface area is 139 Å². The van der Waals surface area contributed by atoms with Gasteiger partial charge in [0.1, 0.15) is 11.6 Å². The first kappa shape index (κ1) is 18.0. The molecule has 1 N–H and O–H groups in total. The van der Waals surface area contributed by atoms with Gasteiger partial charge in [-0.15, -0.1) is 0 Å². The third kappa shape index (κ3) is 5.05. The van der Waals surface area contributed by atoms with Crippen molar-refractivity contribution in [2.24, 2.45) is 5.92 Å². The third-order valence-corrected chi connectivity index (χ3v) is 4.46. The fourth-order valence-electron chi connectivity index (χ4n) is 3.08. The van der Waals surface area contributed by atoms with Gasteiger partial charge in [-0.3, -0.25) is 9.69 Å². The lowest BCUT2D eigenvalue weighted by Gasteiger charge is -2.37. The van der Waals surface area contributed by atoms with Crippen LogP contribution in [0.1, 0.15) is 52.2 Å². The number of carbonyl (C=O) groups excluding carboxylic acids is 1. The summed E-state index contributed by atoms with van der Waals surface area (Å²) < 4.78 is 5.47. The summed E-state index contributed by atoms with van der Waals surface area (Å²) in [4.78, 5) is 14.3. The van der Waals surface area contributed by atoms with E-state index in [0.717, 1.165) is 31.5 Å². The predicted octanol–water partition coefficient (Wildman–Crippen LogP) is 3.16. The molecule has 1 fully saturated rings. The summed E-state index contributed by atoms with van der Waals surface area (Å²) in [6, 6.07) is 9.59. The van der Waals surface area contributed by atoms with Crippen molar-refractivity contribution in [3.8, 4) is 0 Å². The van der Waals surface area contributed by atoms with Crippen LogP contribution in [0.2, 0.25) is 0 Å². The highest BCUT2D eigenvalue weighted by molar-refractivity contribution is 5.75. The van der Waals surface area contributed by atoms with E-state index in [2.05, 4.69) is 4.90 Å². The fraction of sp³-hybridized carbons (Fsp3) is 0.632. The Hall–Kier alpha value is -1.39. The molecule has 4 nitrogen and oxygen atoms in total. The molecule has 4 heteroatoms. The van der Waals surface area contributed by atoms with Crippen molar-refractivity contribution >= 4 is 5.97 Å². The van der Waals surface area contributed by atoms with Gasteiger partial charge in [0.25, 0.3) is 0 Å². The van der Waals surface area contributed by atoms with Crippen LogP contribution in [0.3, 0.4) is 0 Å². The van der Waals surface area contributed by atoms with Crippen LogP contribution in [-0.2, 0) is 9.53 Å². The number of likely N-dealkylation sites (tertiary alicyclic amines) is 1. The summed E-state index contributed by atoms with van der Waals surface area (Å²) in [5, 5.41) is 10.5. The van der Waals surface area contributed by atoms with Gasteiger partial charge in [-0.05, 0) is 65.1 Å². The first-order valence-corrected chi connectivity index (χ1v) is 8.48. The molecule has 2 atom stereocenters. The van der Waals surface area contributed by atoms with Crippen LogP contribution in [0.5, 0.6) is 0 Å². The van der Waals surface area contributed by atoms with Crippen LogP contribution in [0.4, 0.5) is 0 Å². The van der Waals surface area contributed by atoms with Crippen molar-refractivity contribution in [1.82, 2.24) is 4.90 Å². The Kier molecular flexibility index (Phi) is 5.82. The molecule has 1 saturated heterocycles. The molecule has 0 aliphatic carbocycles. The largest absolute Gasteiger partial charge is 0.459 e. The summed E-state index contributed by atoms with van der Waals surface area (Å²) in [6.07, 6.45) is 1.36. The summed E-state index contributed by atoms with van der Waals surface area (Å²) in [7, 11) is 0. The maximum Gasteiger partial charge on any atom is 0.323 e. The average Bonchev–Trinajstić information content (AvgIpc) is 2.53. The number of rotatable bonds is 4. The number of carbonyl (C=O) groups is 1. The Balaban J connectivity index is 1.87. The number of ether oxygens (including phenoxy) is 1. The minimum atomic E-state index is -0.451. The molecule has 0 saturated carbocycles. The van der Waals surface area contributed by atoms with Gasteiger partial charge < -0.3 is 9.84 Å². The molecule has 128 valence electrons. The molecule has 1 aromatic rings. The quantitative estimate of drug-likeness (QED) is 0.866. The number of hydrogen-bond donors (Lipinski definition) is 1. The van der Waals surface area contributed by atoms with Crippen molar-refractivity contribution in [3.63, 3.8) is 0 Å². The predicted molar refractivity (Wildman–Crippen MR) is 91.0 cm³/mol. The van der Waals surface area contributed by atoms with Gasteiger partial charge in [-0.2, -0.15) is 0 Å². The monoisotopic (exact) mass is 319 g/mol. The summed E-state index contributed by atoms with van der Waals surface area (Å²) in [6.45, 7) is 9.20. The second-order valence-corrected chi connectivity index (χ2v) is 7.44. The lowest BCUT2D eigenvalue weighted by molar-refractivity contribution is -0.161. The average molecular weight is 319 g/mol. The molecule has 23 heavy (non-hydrogen) atoms. The van der Waals surface area contributed by atoms with Crippen LogP contribution in [0, 0.1) is 5.92 Å². The van der Waals surface area contributed by atoms with Gasteiger partial charge in [0.2, 0.25) is 0 Å². The number of nitrogens with zero attached hydrogens (tertiary/aromatic N) is 1. The van der Waals surface area contributed by atoms with Gasteiger partial charge in [0.05, 0.1) is 6.10 Å². The van der Waals surface area contributed by atoms with Gasteiger partial charge in [0.15, 0.2) is 0 Å². The summed E-state index contributed by atoms with van der Waals surface area (Å²) in [5.41, 5.74) is 0.527. The second-order valence-electron chi connectivity index (χ2n) is 7.44. The van der Waals surface area contributed by atoms with Crippen LogP contribution >= 0.6 is 0 Å². The third-order valence-electron chi connectivity index (χ3n) is 4.46. The minimum absolute atomic E-state index is 0.167. The molecule has 0 amide bonds. The van der Waals surface area contributed by atoms with E-state index in [4.69, 9.17) is 4.74 Å². The zero-order chi connectivity index (χ0) is 17.0. The molecule has 0 spiro atoms. The van der Waals surface area contributed by atoms with E-state index in [-0.39, 0.29) is 17.9 Å². The second kappa shape index (κ2) is 7.45. The number of aliphatic hydroxyl groups excluding tert-OH is 1. The SMILES string of the molecule is CC(C(=O)OC(C)(C)C)N1CCC(C(O)c2ccccc2)CC1. The Morgan fingerprint density at radius 2 is 1.78 bits per heavy atom. The maximum atomic E-state index is 12.2. The highest BCUT2D eigenvalue weighted by Crippen LogP contribution is 2.31. The number of esters is 1. The molecule has 0 bridgehead atoms. The summed E-state index contributed by atoms with van der Waals surface area (Å²) in [5.74, 6) is 0.0824. The van der Waals surface area contributed by atoms with E-state index in [9.17, 15) is 9.90 Å². The topological polar surface area (TPSA) is 49.8 Å². The van der Waals surface area contributed by atoms with Crippen LogP contribution < -0.4 is 0 Å². The van der Waals surface area contributed by atoms with Crippen molar-refractivity contribution in [3.05, 3.63) is 35.9 Å². The molecule has 1 heterocycles. The molecule has 1 aliphatic rings. The Morgan fingerprint density at radius 3 is 2.30 bits per heavy atom. The maximum absolute atomic E-state index is 12.2. The number of benzene rings is 1. The van der Waals surface area contributed by atoms with E-state index in [0.29, 0.717) is 0 Å². The van der Waals surface area contributed by atoms with Crippen molar-refractivity contribution < 1.29 is 14.6 Å². The van der Waals surface area contributed by atoms with Crippen LogP contribution in [0.25, 0.3) is 0 Å². The Bertz CT molecular complexity index is 501. The van der Waals surface area contributed by atoms with E-state index >= 15 is 0 Å². The Morgan fingerprint density at radius 1 is 1.22 bits per heavy atom. The number of aliphatic hydroxyl groups is 1. The molecule has 0 radical (unpaired) electrons. The molecule has 2 unspecified atom stereocenters. The van der Waals surface area contributed by atoms with Gasteiger partial charge in [-0.25, -0.2) is 0 Å². The lowest BCUT2D eigenvalue weighted by Crippen LogP contribution is -2.46. The molecule has 1 aliphatic heterocycles. The van der Waals surface area contributed by atoms with E-state index in [1.807, 2.05) is 58.0 Å². The highest BCUT2D eigenvalue weighted by atomic mass is 16.6. The smallest absolute Gasteiger partial charge is 0.323 e. The van der Waals surface area contributed by atoms with E-state index < -0.39 is 11.7 Å². The standard InChI is InChI=1S/C19H29NO3/c1-14(18(22)23-19(2,3)4)20-12-10-16(11-13-20)17(21)15-8-6-5-7-9-15/h5-9,14,16-17,21H,10-13H2,1-4H3. The van der Waals surface area contributed by atoms with Crippen molar-refractivity contribution in [1.29, 1.82) is 0 Å². The van der Waals surface area contributed by atoms with Gasteiger partial charge in [0, 0.05) is 0 Å². The number of hydrogen-bond acceptors (Lipinski definition) is 4. The minimum Gasteiger partial charge on any atom is -0.459 e. The molecular weight excluding hydrogens is 290 g/mol. The van der Waals surface area contributed by atoms with E-state index in [1.54, 1.807) is 0 Å². The van der Waals surface area contributed by atoms with Crippen LogP contribution in [-0.4, -0.2) is 40.7 Å². The molecule has 1 aromatic carbocycles.